The van der Waals surface area contributed by atoms with E-state index in [-0.39, 0.29) is 4.32 Å². The first-order valence-electron chi connectivity index (χ1n) is 6.84. The average Bonchev–Trinajstić information content (AvgIpc) is 2.77. The highest BCUT2D eigenvalue weighted by Crippen LogP contribution is 2.37. The van der Waals surface area contributed by atoms with Crippen molar-refractivity contribution in [3.05, 3.63) is 26.2 Å². The molecule has 0 spiro atoms. The van der Waals surface area contributed by atoms with E-state index in [1.54, 1.807) is 19.3 Å². The number of thioether (sulfide) groups is 1. The highest BCUT2D eigenvalue weighted by molar-refractivity contribution is 14.1. The molecule has 1 amide bonds. The summed E-state index contributed by atoms with van der Waals surface area (Å²) in [4.78, 5) is 24.6. The third kappa shape index (κ3) is 4.19. The second kappa shape index (κ2) is 8.17. The largest absolute Gasteiger partial charge is 0.493 e. The number of carbonyl (C=O) groups is 2. The van der Waals surface area contributed by atoms with Gasteiger partial charge in [0.15, 0.2) is 11.5 Å². The number of rotatable bonds is 6. The molecule has 1 N–H and O–H groups in total. The van der Waals surface area contributed by atoms with Gasteiger partial charge in [-0.05, 0) is 53.3 Å². The third-order valence-electron chi connectivity index (χ3n) is 3.01. The monoisotopic (exact) mass is 479 g/mol. The molecular weight excluding hydrogens is 465 g/mol. The second-order valence-electron chi connectivity index (χ2n) is 4.63. The van der Waals surface area contributed by atoms with E-state index in [0.29, 0.717) is 23.0 Å². The van der Waals surface area contributed by atoms with Gasteiger partial charge in [-0.25, -0.2) is 0 Å². The van der Waals surface area contributed by atoms with Crippen LogP contribution in [0.5, 0.6) is 11.5 Å². The molecule has 2 rings (SSSR count). The minimum absolute atomic E-state index is 0.237. The number of ether oxygens (including phenoxy) is 2. The zero-order valence-electron chi connectivity index (χ0n) is 12.9. The van der Waals surface area contributed by atoms with Crippen LogP contribution in [0, 0.1) is 3.57 Å². The second-order valence-corrected chi connectivity index (χ2v) is 7.47. The van der Waals surface area contributed by atoms with Gasteiger partial charge in [0.25, 0.3) is 5.91 Å². The Balaban J connectivity index is 2.35. The topological polar surface area (TPSA) is 76.1 Å². The lowest BCUT2D eigenvalue weighted by molar-refractivity contribution is -0.140. The molecule has 1 aliphatic rings. The fourth-order valence-electron chi connectivity index (χ4n) is 2.03. The standard InChI is InChI=1S/C15H14INO5S2/c1-3-22-13-9(16)4-8(5-10(13)21-2)6-11-14(20)17(7-12(18)19)15(23)24-11/h4-6H,3,7H2,1-2H3,(H,18,19)/b11-6-. The normalized spacial score (nSPS) is 16.0. The van der Waals surface area contributed by atoms with Crippen molar-refractivity contribution in [3.63, 3.8) is 0 Å². The Hall–Kier alpha value is -1.33. The summed E-state index contributed by atoms with van der Waals surface area (Å²) in [5, 5.41) is 8.86. The van der Waals surface area contributed by atoms with Crippen molar-refractivity contribution in [2.75, 3.05) is 20.3 Å². The van der Waals surface area contributed by atoms with Crippen LogP contribution in [0.1, 0.15) is 12.5 Å². The van der Waals surface area contributed by atoms with Gasteiger partial charge < -0.3 is 14.6 Å². The molecule has 1 fully saturated rings. The van der Waals surface area contributed by atoms with E-state index in [1.165, 1.54) is 0 Å². The van der Waals surface area contributed by atoms with Crippen molar-refractivity contribution in [1.29, 1.82) is 0 Å². The van der Waals surface area contributed by atoms with Crippen LogP contribution in [0.3, 0.4) is 0 Å². The van der Waals surface area contributed by atoms with Crippen molar-refractivity contribution < 1.29 is 24.2 Å². The van der Waals surface area contributed by atoms with Crippen molar-refractivity contribution in [1.82, 2.24) is 4.90 Å². The number of thiocarbonyl (C=S) groups is 1. The van der Waals surface area contributed by atoms with Gasteiger partial charge in [-0.3, -0.25) is 14.5 Å². The van der Waals surface area contributed by atoms with Gasteiger partial charge in [0.2, 0.25) is 0 Å². The van der Waals surface area contributed by atoms with Gasteiger partial charge in [-0.1, -0.05) is 24.0 Å². The Bertz CT molecular complexity index is 735. The van der Waals surface area contributed by atoms with Crippen LogP contribution in [0.4, 0.5) is 0 Å². The van der Waals surface area contributed by atoms with Gasteiger partial charge in [0, 0.05) is 0 Å². The first-order valence-corrected chi connectivity index (χ1v) is 9.15. The summed E-state index contributed by atoms with van der Waals surface area (Å²) >= 11 is 8.29. The quantitative estimate of drug-likeness (QED) is 0.382. The Morgan fingerprint density at radius 3 is 2.79 bits per heavy atom. The minimum Gasteiger partial charge on any atom is -0.493 e. The summed E-state index contributed by atoms with van der Waals surface area (Å²) in [6.07, 6.45) is 1.67. The smallest absolute Gasteiger partial charge is 0.323 e. The summed E-state index contributed by atoms with van der Waals surface area (Å²) in [7, 11) is 1.55. The Kier molecular flexibility index (Phi) is 6.47. The molecule has 0 aliphatic carbocycles. The average molecular weight is 479 g/mol. The summed E-state index contributed by atoms with van der Waals surface area (Å²) < 4.78 is 12.0. The van der Waals surface area contributed by atoms with Crippen LogP contribution < -0.4 is 9.47 Å². The molecule has 0 bridgehead atoms. The van der Waals surface area contributed by atoms with E-state index in [0.717, 1.165) is 25.8 Å². The van der Waals surface area contributed by atoms with Crippen molar-refractivity contribution in [3.8, 4) is 11.5 Å². The summed E-state index contributed by atoms with van der Waals surface area (Å²) in [5.41, 5.74) is 0.746. The molecule has 0 atom stereocenters. The third-order valence-corrected chi connectivity index (χ3v) is 5.18. The number of hydrogen-bond acceptors (Lipinski definition) is 6. The predicted molar refractivity (Wildman–Crippen MR) is 104 cm³/mol. The molecule has 0 radical (unpaired) electrons. The molecule has 1 aromatic rings. The fourth-order valence-corrected chi connectivity index (χ4v) is 4.07. The summed E-state index contributed by atoms with van der Waals surface area (Å²) in [5.74, 6) is -0.299. The van der Waals surface area contributed by atoms with Crippen LogP contribution in [-0.4, -0.2) is 46.5 Å². The van der Waals surface area contributed by atoms with Crippen LogP contribution in [0.15, 0.2) is 17.0 Å². The molecule has 0 unspecified atom stereocenters. The number of hydrogen-bond donors (Lipinski definition) is 1. The zero-order valence-corrected chi connectivity index (χ0v) is 16.7. The van der Waals surface area contributed by atoms with E-state index in [1.807, 2.05) is 13.0 Å². The Labute approximate surface area is 162 Å². The van der Waals surface area contributed by atoms with Crippen molar-refractivity contribution >= 4 is 68.8 Å². The lowest BCUT2D eigenvalue weighted by Gasteiger charge is -2.12. The number of carboxylic acid groups (broad SMARTS) is 1. The van der Waals surface area contributed by atoms with Crippen LogP contribution in [0.2, 0.25) is 0 Å². The highest BCUT2D eigenvalue weighted by Gasteiger charge is 2.33. The molecular formula is C15H14INO5S2. The number of benzene rings is 1. The molecule has 6 nitrogen and oxygen atoms in total. The number of halogens is 1. The van der Waals surface area contributed by atoms with E-state index in [9.17, 15) is 9.59 Å². The van der Waals surface area contributed by atoms with Gasteiger partial charge in [0.1, 0.15) is 10.9 Å². The van der Waals surface area contributed by atoms with E-state index in [2.05, 4.69) is 22.6 Å². The molecule has 9 heteroatoms. The number of nitrogens with zero attached hydrogens (tertiary/aromatic N) is 1. The van der Waals surface area contributed by atoms with Gasteiger partial charge in [-0.15, -0.1) is 0 Å². The summed E-state index contributed by atoms with van der Waals surface area (Å²) in [6.45, 7) is 1.96. The fraction of sp³-hybridized carbons (Fsp3) is 0.267. The first kappa shape index (κ1) is 19.0. The lowest BCUT2D eigenvalue weighted by Crippen LogP contribution is -2.33. The van der Waals surface area contributed by atoms with Crippen LogP contribution >= 0.6 is 46.6 Å². The molecule has 1 aliphatic heterocycles. The SMILES string of the molecule is CCOc1c(I)cc(/C=C2\SC(=S)N(CC(=O)O)C2=O)cc1OC. The molecule has 1 saturated heterocycles. The molecule has 1 heterocycles. The minimum atomic E-state index is -1.11. The first-order chi connectivity index (χ1) is 11.4. The number of carboxylic acids is 1. The number of amides is 1. The summed E-state index contributed by atoms with van der Waals surface area (Å²) in [6, 6.07) is 3.62. The maximum Gasteiger partial charge on any atom is 0.323 e. The molecule has 0 saturated carbocycles. The Morgan fingerprint density at radius 1 is 1.50 bits per heavy atom. The predicted octanol–water partition coefficient (Wildman–Crippen LogP) is 2.98. The lowest BCUT2D eigenvalue weighted by atomic mass is 10.2. The van der Waals surface area contributed by atoms with E-state index < -0.39 is 18.4 Å². The zero-order chi connectivity index (χ0) is 17.9. The van der Waals surface area contributed by atoms with Crippen molar-refractivity contribution in [2.45, 2.75) is 6.92 Å². The van der Waals surface area contributed by atoms with E-state index in [4.69, 9.17) is 26.8 Å². The molecule has 128 valence electrons. The molecule has 0 aromatic heterocycles. The van der Waals surface area contributed by atoms with Crippen LogP contribution in [-0.2, 0) is 9.59 Å². The number of aliphatic carboxylic acids is 1. The maximum absolute atomic E-state index is 12.3. The van der Waals surface area contributed by atoms with Gasteiger partial charge >= 0.3 is 5.97 Å². The molecule has 24 heavy (non-hydrogen) atoms. The number of methoxy groups -OCH3 is 1. The highest BCUT2D eigenvalue weighted by atomic mass is 127. The van der Waals surface area contributed by atoms with Gasteiger partial charge in [0.05, 0.1) is 22.2 Å². The number of carbonyl (C=O) groups excluding carboxylic acids is 1. The molecule has 1 aromatic carbocycles. The van der Waals surface area contributed by atoms with Crippen molar-refractivity contribution in [2.24, 2.45) is 0 Å². The Morgan fingerprint density at radius 2 is 2.21 bits per heavy atom. The van der Waals surface area contributed by atoms with E-state index >= 15 is 0 Å². The van der Waals surface area contributed by atoms with Crippen LogP contribution in [0.25, 0.3) is 6.08 Å². The maximum atomic E-state index is 12.3. The van der Waals surface area contributed by atoms with Gasteiger partial charge in [-0.2, -0.15) is 0 Å².